The number of esters is 1. The Balaban J connectivity index is 1.91. The molecule has 6 nitrogen and oxygen atoms in total. The maximum Gasteiger partial charge on any atom is 0.433 e. The van der Waals surface area contributed by atoms with Gasteiger partial charge in [-0.15, -0.1) is 0 Å². The number of carbonyl (C=O) groups excluding carboxylic acids is 2. The number of halogens is 3. The molecule has 0 atom stereocenters. The van der Waals surface area contributed by atoms with Crippen LogP contribution in [0.5, 0.6) is 0 Å². The highest BCUT2D eigenvalue weighted by Crippen LogP contribution is 2.29. The van der Waals surface area contributed by atoms with Gasteiger partial charge in [0.1, 0.15) is 11.5 Å². The molecule has 160 valence electrons. The third kappa shape index (κ3) is 5.08. The molecule has 0 radical (unpaired) electrons. The van der Waals surface area contributed by atoms with Crippen LogP contribution in [0.25, 0.3) is 0 Å². The summed E-state index contributed by atoms with van der Waals surface area (Å²) in [7, 11) is 1.27. The monoisotopic (exact) mass is 421 g/mol. The van der Waals surface area contributed by atoms with E-state index in [1.807, 2.05) is 0 Å². The van der Waals surface area contributed by atoms with E-state index in [4.69, 9.17) is 0 Å². The zero-order valence-electron chi connectivity index (χ0n) is 16.5. The number of carbonyl (C=O) groups is 2. The fourth-order valence-electron chi connectivity index (χ4n) is 3.28. The molecule has 1 fully saturated rings. The maximum absolute atomic E-state index is 13.1. The summed E-state index contributed by atoms with van der Waals surface area (Å²) in [5, 5.41) is 0. The highest BCUT2D eigenvalue weighted by atomic mass is 19.4. The molecule has 2 aromatic rings. The van der Waals surface area contributed by atoms with Gasteiger partial charge in [-0.3, -0.25) is 4.90 Å². The number of aromatic nitrogens is 1. The number of benzene rings is 1. The van der Waals surface area contributed by atoms with Crippen LogP contribution in [0.3, 0.4) is 0 Å². The van der Waals surface area contributed by atoms with Crippen molar-refractivity contribution in [3.63, 3.8) is 0 Å². The summed E-state index contributed by atoms with van der Waals surface area (Å²) in [6.45, 7) is 1.12. The number of alkyl halides is 3. The lowest BCUT2D eigenvalue weighted by Gasteiger charge is -2.32. The van der Waals surface area contributed by atoms with Crippen LogP contribution in [0.4, 0.5) is 23.8 Å². The molecule has 2 amide bonds. The Hall–Kier alpha value is -3.10. The molecule has 0 spiro atoms. The van der Waals surface area contributed by atoms with Crippen molar-refractivity contribution in [1.82, 2.24) is 9.88 Å². The molecular formula is C21H22F3N3O3. The molecule has 1 aromatic heterocycles. The summed E-state index contributed by atoms with van der Waals surface area (Å²) in [5.41, 5.74) is -0.0722. The summed E-state index contributed by atoms with van der Waals surface area (Å²) in [6.07, 6.45) is -1.90. The lowest BCUT2D eigenvalue weighted by molar-refractivity contribution is -0.141. The van der Waals surface area contributed by atoms with E-state index in [1.54, 1.807) is 29.2 Å². The second-order valence-corrected chi connectivity index (χ2v) is 6.98. The minimum absolute atomic E-state index is 0.0189. The van der Waals surface area contributed by atoms with E-state index in [1.165, 1.54) is 24.1 Å². The van der Waals surface area contributed by atoms with Crippen molar-refractivity contribution in [2.24, 2.45) is 0 Å². The van der Waals surface area contributed by atoms with Crippen LogP contribution in [0.15, 0.2) is 42.5 Å². The first-order valence-electron chi connectivity index (χ1n) is 9.57. The lowest BCUT2D eigenvalue weighted by Crippen LogP contribution is -2.45. The maximum atomic E-state index is 13.1. The van der Waals surface area contributed by atoms with E-state index < -0.39 is 23.9 Å². The van der Waals surface area contributed by atoms with Gasteiger partial charge in [0, 0.05) is 13.1 Å². The number of amides is 2. The molecule has 1 aromatic carbocycles. The van der Waals surface area contributed by atoms with Crippen molar-refractivity contribution in [2.75, 3.05) is 25.1 Å². The average Bonchev–Trinajstić information content (AvgIpc) is 2.77. The van der Waals surface area contributed by atoms with E-state index in [0.717, 1.165) is 25.3 Å². The Bertz CT molecular complexity index is 894. The van der Waals surface area contributed by atoms with Gasteiger partial charge in [-0.25, -0.2) is 14.6 Å². The van der Waals surface area contributed by atoms with Crippen molar-refractivity contribution in [3.8, 4) is 0 Å². The number of nitrogens with zero attached hydrogens (tertiary/aromatic N) is 3. The average molecular weight is 421 g/mol. The SMILES string of the molecule is COC(=O)c1ccc(CN(C(=O)N2CCCCC2)c2cccc(C(F)(F)F)n2)cc1. The number of anilines is 1. The van der Waals surface area contributed by atoms with E-state index >= 15 is 0 Å². The first kappa shape index (κ1) is 21.6. The molecule has 1 saturated heterocycles. The van der Waals surface area contributed by atoms with Crippen LogP contribution in [0.2, 0.25) is 0 Å². The number of likely N-dealkylation sites (tertiary alicyclic amines) is 1. The van der Waals surface area contributed by atoms with Gasteiger partial charge >= 0.3 is 18.2 Å². The van der Waals surface area contributed by atoms with E-state index in [2.05, 4.69) is 9.72 Å². The summed E-state index contributed by atoms with van der Waals surface area (Å²) >= 11 is 0. The second-order valence-electron chi connectivity index (χ2n) is 6.98. The van der Waals surface area contributed by atoms with Crippen LogP contribution >= 0.6 is 0 Å². The van der Waals surface area contributed by atoms with Crippen LogP contribution in [0.1, 0.15) is 40.9 Å². The number of pyridine rings is 1. The van der Waals surface area contributed by atoms with Crippen molar-refractivity contribution in [3.05, 3.63) is 59.3 Å². The normalized spacial score (nSPS) is 14.3. The van der Waals surface area contributed by atoms with E-state index in [-0.39, 0.29) is 12.4 Å². The van der Waals surface area contributed by atoms with Crippen LogP contribution in [0, 0.1) is 0 Å². The number of rotatable bonds is 4. The molecule has 1 aliphatic rings. The summed E-state index contributed by atoms with van der Waals surface area (Å²) in [4.78, 5) is 31.3. The zero-order chi connectivity index (χ0) is 21.7. The number of hydrogen-bond acceptors (Lipinski definition) is 4. The van der Waals surface area contributed by atoms with Crippen molar-refractivity contribution in [1.29, 1.82) is 0 Å². The highest BCUT2D eigenvalue weighted by Gasteiger charge is 2.34. The Morgan fingerprint density at radius 3 is 2.33 bits per heavy atom. The Morgan fingerprint density at radius 2 is 1.73 bits per heavy atom. The van der Waals surface area contributed by atoms with Gasteiger partial charge in [-0.2, -0.15) is 13.2 Å². The van der Waals surface area contributed by atoms with Gasteiger partial charge < -0.3 is 9.64 Å². The molecule has 0 bridgehead atoms. The lowest BCUT2D eigenvalue weighted by atomic mass is 10.1. The van der Waals surface area contributed by atoms with Gasteiger partial charge in [0.25, 0.3) is 0 Å². The van der Waals surface area contributed by atoms with Crippen LogP contribution < -0.4 is 4.90 Å². The number of piperidine rings is 1. The molecule has 0 unspecified atom stereocenters. The largest absolute Gasteiger partial charge is 0.465 e. The number of methoxy groups -OCH3 is 1. The Morgan fingerprint density at radius 1 is 1.07 bits per heavy atom. The van der Waals surface area contributed by atoms with Gasteiger partial charge in [0.2, 0.25) is 0 Å². The molecule has 3 rings (SSSR count). The Labute approximate surface area is 172 Å². The first-order chi connectivity index (χ1) is 14.3. The predicted molar refractivity (Wildman–Crippen MR) is 104 cm³/mol. The van der Waals surface area contributed by atoms with Crippen LogP contribution in [-0.2, 0) is 17.5 Å². The first-order valence-corrected chi connectivity index (χ1v) is 9.57. The summed E-state index contributed by atoms with van der Waals surface area (Å²) in [5.74, 6) is -0.570. The Kier molecular flexibility index (Phi) is 6.59. The molecule has 30 heavy (non-hydrogen) atoms. The third-order valence-electron chi connectivity index (χ3n) is 4.87. The minimum Gasteiger partial charge on any atom is -0.465 e. The predicted octanol–water partition coefficient (Wildman–Crippen LogP) is 4.50. The van der Waals surface area contributed by atoms with E-state index in [9.17, 15) is 22.8 Å². The van der Waals surface area contributed by atoms with Gasteiger partial charge in [0.15, 0.2) is 0 Å². The minimum atomic E-state index is -4.61. The standard InChI is InChI=1S/C21H22F3N3O3/c1-30-19(28)16-10-8-15(9-11-16)14-27(20(29)26-12-3-2-4-13-26)18-7-5-6-17(25-18)21(22,23)24/h5-11H,2-4,12-14H2,1H3. The molecule has 0 aliphatic carbocycles. The van der Waals surface area contributed by atoms with Crippen molar-refractivity contribution < 1.29 is 27.5 Å². The third-order valence-corrected chi connectivity index (χ3v) is 4.87. The van der Waals surface area contributed by atoms with Gasteiger partial charge in [0.05, 0.1) is 19.2 Å². The zero-order valence-corrected chi connectivity index (χ0v) is 16.5. The van der Waals surface area contributed by atoms with E-state index in [0.29, 0.717) is 24.2 Å². The molecule has 0 N–H and O–H groups in total. The van der Waals surface area contributed by atoms with Crippen LogP contribution in [-0.4, -0.2) is 42.1 Å². The van der Waals surface area contributed by atoms with Crippen molar-refractivity contribution >= 4 is 17.8 Å². The summed E-state index contributed by atoms with van der Waals surface area (Å²) in [6, 6.07) is 9.47. The molecular weight excluding hydrogens is 399 g/mol. The smallest absolute Gasteiger partial charge is 0.433 e. The van der Waals surface area contributed by atoms with Gasteiger partial charge in [-0.1, -0.05) is 18.2 Å². The molecule has 9 heteroatoms. The van der Waals surface area contributed by atoms with Gasteiger partial charge in [-0.05, 0) is 49.1 Å². The fourth-order valence-corrected chi connectivity index (χ4v) is 3.28. The summed E-state index contributed by atoms with van der Waals surface area (Å²) < 4.78 is 44.1. The quantitative estimate of drug-likeness (QED) is 0.682. The molecule has 0 saturated carbocycles. The highest BCUT2D eigenvalue weighted by molar-refractivity contribution is 5.91. The number of urea groups is 1. The molecule has 1 aliphatic heterocycles. The number of hydrogen-bond donors (Lipinski definition) is 0. The fraction of sp³-hybridized carbons (Fsp3) is 0.381. The second kappa shape index (κ2) is 9.15. The van der Waals surface area contributed by atoms with Crippen molar-refractivity contribution in [2.45, 2.75) is 32.0 Å². The topological polar surface area (TPSA) is 62.7 Å². The molecule has 2 heterocycles. The number of ether oxygens (including phenoxy) is 1.